The average molecular weight is 636 g/mol. The van der Waals surface area contributed by atoms with E-state index in [0.717, 1.165) is 41.5 Å². The largest absolute Gasteiger partial charge is 0.487 e. The first-order valence-corrected chi connectivity index (χ1v) is 15.5. The van der Waals surface area contributed by atoms with Crippen molar-refractivity contribution in [3.63, 3.8) is 0 Å². The lowest BCUT2D eigenvalue weighted by atomic mass is 9.86. The van der Waals surface area contributed by atoms with Crippen molar-refractivity contribution >= 4 is 46.0 Å². The van der Waals surface area contributed by atoms with Crippen LogP contribution in [0.3, 0.4) is 0 Å². The number of nitrogens with zero attached hydrogens (tertiary/aromatic N) is 2. The number of aryl methyl sites for hydroxylation is 1. The second kappa shape index (κ2) is 12.5. The standard InChI is InChI=1S/C30H30Cl2F2N4O3S/c1-16-6-23(31)28(24(32)7-16)40-4-5-41-30-36-14-26(42-30)22-11-20-12-35-13-25(37-20)27(22)29(39)38(21-2-3-21)15-17-8-18(33)10-19(34)9-17/h6-10,14,20-21,25,35,37H,2-5,11-13,15H2,1H3/t20-,25-/m1/s1. The lowest BCUT2D eigenvalue weighted by molar-refractivity contribution is -0.128. The molecule has 1 aliphatic carbocycles. The number of fused-ring (bicyclic) bond motifs is 2. The molecule has 1 saturated carbocycles. The molecule has 2 aliphatic heterocycles. The van der Waals surface area contributed by atoms with Crippen LogP contribution in [0, 0.1) is 18.6 Å². The van der Waals surface area contributed by atoms with Gasteiger partial charge in [-0.15, -0.1) is 0 Å². The van der Waals surface area contributed by atoms with Crippen molar-refractivity contribution in [2.75, 3.05) is 26.3 Å². The Morgan fingerprint density at radius 2 is 1.79 bits per heavy atom. The van der Waals surface area contributed by atoms with E-state index < -0.39 is 11.6 Å². The Morgan fingerprint density at radius 1 is 1.07 bits per heavy atom. The Balaban J connectivity index is 1.20. The van der Waals surface area contributed by atoms with Crippen LogP contribution in [0.5, 0.6) is 10.9 Å². The molecule has 2 N–H and O–H groups in total. The fourth-order valence-electron chi connectivity index (χ4n) is 5.57. The molecule has 1 amide bonds. The van der Waals surface area contributed by atoms with E-state index in [-0.39, 0.29) is 43.8 Å². The molecule has 12 heteroatoms. The number of rotatable bonds is 10. The third kappa shape index (κ3) is 6.58. The summed E-state index contributed by atoms with van der Waals surface area (Å²) in [6.07, 6.45) is 4.12. The molecule has 1 aromatic heterocycles. The molecule has 2 fully saturated rings. The summed E-state index contributed by atoms with van der Waals surface area (Å²) in [4.78, 5) is 21.3. The molecular formula is C30H30Cl2F2N4O3S. The van der Waals surface area contributed by atoms with E-state index in [1.54, 1.807) is 23.2 Å². The molecule has 3 aliphatic rings. The SMILES string of the molecule is Cc1cc(Cl)c(OCCOc2ncc(C3=C(C(=O)N(Cc4cc(F)cc(F)c4)C4CC4)[C@H]4CNC[C@@H](C3)N4)s2)c(Cl)c1. The number of aromatic nitrogens is 1. The van der Waals surface area contributed by atoms with Crippen LogP contribution in [0.25, 0.3) is 5.57 Å². The van der Waals surface area contributed by atoms with E-state index in [9.17, 15) is 13.6 Å². The van der Waals surface area contributed by atoms with Crippen LogP contribution in [-0.4, -0.2) is 60.2 Å². The summed E-state index contributed by atoms with van der Waals surface area (Å²) >= 11 is 13.9. The van der Waals surface area contributed by atoms with Gasteiger partial charge in [0.15, 0.2) is 5.75 Å². The van der Waals surface area contributed by atoms with Crippen LogP contribution in [-0.2, 0) is 11.3 Å². The van der Waals surface area contributed by atoms with Gasteiger partial charge in [-0.3, -0.25) is 4.79 Å². The summed E-state index contributed by atoms with van der Waals surface area (Å²) in [5, 5.41) is 8.34. The first kappa shape index (κ1) is 29.3. The van der Waals surface area contributed by atoms with Gasteiger partial charge in [-0.2, -0.15) is 0 Å². The molecule has 0 radical (unpaired) electrons. The first-order valence-electron chi connectivity index (χ1n) is 13.9. The Morgan fingerprint density at radius 3 is 2.50 bits per heavy atom. The first-order chi connectivity index (χ1) is 20.2. The van der Waals surface area contributed by atoms with Crippen molar-refractivity contribution in [2.45, 2.75) is 50.9 Å². The molecule has 0 spiro atoms. The van der Waals surface area contributed by atoms with E-state index in [1.807, 2.05) is 6.92 Å². The zero-order chi connectivity index (χ0) is 29.4. The predicted octanol–water partition coefficient (Wildman–Crippen LogP) is 5.77. The normalized spacial score (nSPS) is 20.0. The molecule has 3 aromatic rings. The molecule has 3 heterocycles. The highest BCUT2D eigenvalue weighted by atomic mass is 35.5. The Kier molecular flexibility index (Phi) is 8.70. The minimum Gasteiger partial charge on any atom is -0.487 e. The van der Waals surface area contributed by atoms with Crippen LogP contribution in [0.15, 0.2) is 42.1 Å². The summed E-state index contributed by atoms with van der Waals surface area (Å²) in [6.45, 7) is 3.90. The van der Waals surface area contributed by atoms with E-state index in [4.69, 9.17) is 32.7 Å². The Hall–Kier alpha value is -2.76. The topological polar surface area (TPSA) is 75.7 Å². The molecule has 7 nitrogen and oxygen atoms in total. The predicted molar refractivity (Wildman–Crippen MR) is 159 cm³/mol. The lowest BCUT2D eigenvalue weighted by Gasteiger charge is -2.40. The van der Waals surface area contributed by atoms with Crippen molar-refractivity contribution in [3.05, 3.63) is 79.8 Å². The van der Waals surface area contributed by atoms with Crippen molar-refractivity contribution in [1.29, 1.82) is 0 Å². The number of piperazine rings is 1. The zero-order valence-electron chi connectivity index (χ0n) is 22.9. The smallest absolute Gasteiger partial charge is 0.273 e. The highest BCUT2D eigenvalue weighted by Gasteiger charge is 2.41. The molecule has 1 saturated heterocycles. The van der Waals surface area contributed by atoms with Crippen LogP contribution in [0.2, 0.25) is 10.0 Å². The molecule has 0 unspecified atom stereocenters. The third-order valence-corrected chi connectivity index (χ3v) is 9.07. The van der Waals surface area contributed by atoms with E-state index in [0.29, 0.717) is 45.1 Å². The summed E-state index contributed by atoms with van der Waals surface area (Å²) in [7, 11) is 0. The van der Waals surface area contributed by atoms with Gasteiger partial charge in [0, 0.05) is 49.6 Å². The number of thiazole rings is 1. The maximum Gasteiger partial charge on any atom is 0.273 e. The maximum absolute atomic E-state index is 14.2. The highest BCUT2D eigenvalue weighted by molar-refractivity contribution is 7.14. The maximum atomic E-state index is 14.2. The molecule has 42 heavy (non-hydrogen) atoms. The monoisotopic (exact) mass is 634 g/mol. The average Bonchev–Trinajstić information content (AvgIpc) is 3.66. The molecule has 2 bridgehead atoms. The number of amides is 1. The summed E-state index contributed by atoms with van der Waals surface area (Å²) in [5.41, 5.74) is 2.98. The fraction of sp³-hybridized carbons (Fsp3) is 0.400. The minimum absolute atomic E-state index is 0.0442. The number of halogens is 4. The van der Waals surface area contributed by atoms with Crippen molar-refractivity contribution in [3.8, 4) is 10.9 Å². The second-order valence-corrected chi connectivity index (χ2v) is 12.7. The number of carbonyl (C=O) groups excluding carboxylic acids is 1. The van der Waals surface area contributed by atoms with Gasteiger partial charge in [0.1, 0.15) is 24.8 Å². The van der Waals surface area contributed by atoms with Gasteiger partial charge >= 0.3 is 0 Å². The highest BCUT2D eigenvalue weighted by Crippen LogP contribution is 2.39. The van der Waals surface area contributed by atoms with Crippen LogP contribution in [0.1, 0.15) is 35.3 Å². The Bertz CT molecular complexity index is 1490. The molecule has 2 aromatic carbocycles. The van der Waals surface area contributed by atoms with Crippen molar-refractivity contribution in [2.24, 2.45) is 0 Å². The summed E-state index contributed by atoms with van der Waals surface area (Å²) < 4.78 is 39.5. The summed E-state index contributed by atoms with van der Waals surface area (Å²) in [5.74, 6) is -1.01. The second-order valence-electron chi connectivity index (χ2n) is 10.9. The number of carbonyl (C=O) groups is 1. The Labute approximate surface area is 256 Å². The zero-order valence-corrected chi connectivity index (χ0v) is 25.2. The molecule has 222 valence electrons. The van der Waals surface area contributed by atoms with Gasteiger partial charge in [-0.05, 0) is 67.2 Å². The van der Waals surface area contributed by atoms with Gasteiger partial charge in [0.05, 0.1) is 21.0 Å². The number of benzene rings is 2. The third-order valence-electron chi connectivity index (χ3n) is 7.53. The summed E-state index contributed by atoms with van der Waals surface area (Å²) in [6, 6.07) is 7.02. The van der Waals surface area contributed by atoms with Crippen LogP contribution < -0.4 is 20.1 Å². The molecule has 6 rings (SSSR count). The van der Waals surface area contributed by atoms with E-state index in [2.05, 4.69) is 15.6 Å². The minimum atomic E-state index is -0.653. The van der Waals surface area contributed by atoms with Gasteiger partial charge in [-0.25, -0.2) is 13.8 Å². The van der Waals surface area contributed by atoms with Gasteiger partial charge < -0.3 is 25.0 Å². The quantitative estimate of drug-likeness (QED) is 0.276. The molecule has 2 atom stereocenters. The van der Waals surface area contributed by atoms with Crippen LogP contribution in [0.4, 0.5) is 8.78 Å². The van der Waals surface area contributed by atoms with E-state index >= 15 is 0 Å². The number of hydrogen-bond acceptors (Lipinski definition) is 7. The number of nitrogens with one attached hydrogen (secondary N) is 2. The van der Waals surface area contributed by atoms with Gasteiger partial charge in [0.2, 0.25) is 0 Å². The van der Waals surface area contributed by atoms with Crippen LogP contribution >= 0.6 is 34.5 Å². The number of ether oxygens (including phenoxy) is 2. The fourth-order valence-corrected chi connectivity index (χ4v) is 7.13. The van der Waals surface area contributed by atoms with Gasteiger partial charge in [-0.1, -0.05) is 34.5 Å². The van der Waals surface area contributed by atoms with Crippen molar-refractivity contribution < 1.29 is 23.0 Å². The lowest BCUT2D eigenvalue weighted by Crippen LogP contribution is -2.59. The number of hydrogen-bond donors (Lipinski definition) is 2. The molecular weight excluding hydrogens is 605 g/mol. The van der Waals surface area contributed by atoms with Gasteiger partial charge in [0.25, 0.3) is 11.1 Å². The van der Waals surface area contributed by atoms with Crippen molar-refractivity contribution in [1.82, 2.24) is 20.5 Å². The van der Waals surface area contributed by atoms with E-state index in [1.165, 1.54) is 23.5 Å².